The van der Waals surface area contributed by atoms with E-state index in [0.717, 1.165) is 16.8 Å². The number of non-ortho nitro benzene ring substituents is 1. The standard InChI is InChI=1S/C20H18N4O4S/c1-12-3-4-13(2)16(11-12)21-20(29)23-22-19(25)18-10-9-17(28-18)14-5-7-15(8-6-14)24(26)27/h3-11H,1-2H3,(H,22,25)(H2,21,23,29). The van der Waals surface area contributed by atoms with E-state index in [1.165, 1.54) is 18.2 Å². The molecule has 0 aliphatic heterocycles. The van der Waals surface area contributed by atoms with Crippen molar-refractivity contribution in [3.63, 3.8) is 0 Å². The molecule has 1 heterocycles. The van der Waals surface area contributed by atoms with Crippen molar-refractivity contribution in [3.8, 4) is 11.3 Å². The van der Waals surface area contributed by atoms with Crippen molar-refractivity contribution in [2.75, 3.05) is 5.32 Å². The van der Waals surface area contributed by atoms with Crippen molar-refractivity contribution >= 4 is 34.6 Å². The van der Waals surface area contributed by atoms with Gasteiger partial charge in [0.05, 0.1) is 4.92 Å². The lowest BCUT2D eigenvalue weighted by Gasteiger charge is -2.13. The summed E-state index contributed by atoms with van der Waals surface area (Å²) in [5.74, 6) is -0.0233. The van der Waals surface area contributed by atoms with E-state index >= 15 is 0 Å². The minimum atomic E-state index is -0.511. The van der Waals surface area contributed by atoms with E-state index in [1.807, 2.05) is 32.0 Å². The molecule has 3 aromatic rings. The molecule has 9 heteroatoms. The Labute approximate surface area is 172 Å². The van der Waals surface area contributed by atoms with E-state index in [2.05, 4.69) is 16.2 Å². The minimum Gasteiger partial charge on any atom is -0.451 e. The second-order valence-electron chi connectivity index (χ2n) is 6.32. The molecular weight excluding hydrogens is 392 g/mol. The number of benzene rings is 2. The van der Waals surface area contributed by atoms with Crippen LogP contribution in [0.1, 0.15) is 21.7 Å². The van der Waals surface area contributed by atoms with Gasteiger partial charge in [0.25, 0.3) is 5.69 Å². The fourth-order valence-electron chi connectivity index (χ4n) is 2.56. The first-order valence-corrected chi connectivity index (χ1v) is 9.03. The van der Waals surface area contributed by atoms with Crippen LogP contribution in [0.5, 0.6) is 0 Å². The Morgan fingerprint density at radius 1 is 1.03 bits per heavy atom. The number of amides is 1. The third-order valence-corrected chi connectivity index (χ3v) is 4.33. The fourth-order valence-corrected chi connectivity index (χ4v) is 2.72. The normalized spacial score (nSPS) is 10.3. The number of hydrogen-bond donors (Lipinski definition) is 3. The van der Waals surface area contributed by atoms with Crippen LogP contribution in [0.15, 0.2) is 59.0 Å². The van der Waals surface area contributed by atoms with Gasteiger partial charge < -0.3 is 9.73 Å². The lowest BCUT2D eigenvalue weighted by molar-refractivity contribution is -0.384. The maximum absolute atomic E-state index is 12.3. The van der Waals surface area contributed by atoms with Crippen LogP contribution in [-0.2, 0) is 0 Å². The summed E-state index contributed by atoms with van der Waals surface area (Å²) in [4.78, 5) is 22.5. The molecule has 0 aliphatic rings. The second kappa shape index (κ2) is 8.53. The molecule has 0 radical (unpaired) electrons. The number of nitrogens with zero attached hydrogens (tertiary/aromatic N) is 1. The van der Waals surface area contributed by atoms with Gasteiger partial charge in [0, 0.05) is 23.4 Å². The van der Waals surface area contributed by atoms with Gasteiger partial charge in [0.15, 0.2) is 10.9 Å². The summed E-state index contributed by atoms with van der Waals surface area (Å²) in [5.41, 5.74) is 8.64. The topological polar surface area (TPSA) is 109 Å². The van der Waals surface area contributed by atoms with Gasteiger partial charge in [-0.1, -0.05) is 12.1 Å². The largest absolute Gasteiger partial charge is 0.451 e. The van der Waals surface area contributed by atoms with Gasteiger partial charge in [0.2, 0.25) is 0 Å². The monoisotopic (exact) mass is 410 g/mol. The van der Waals surface area contributed by atoms with Gasteiger partial charge in [-0.25, -0.2) is 0 Å². The lowest BCUT2D eigenvalue weighted by atomic mass is 10.1. The van der Waals surface area contributed by atoms with Crippen LogP contribution < -0.4 is 16.2 Å². The summed E-state index contributed by atoms with van der Waals surface area (Å²) in [7, 11) is 0. The van der Waals surface area contributed by atoms with Crippen LogP contribution >= 0.6 is 12.2 Å². The molecule has 0 saturated heterocycles. The highest BCUT2D eigenvalue weighted by Crippen LogP contribution is 2.24. The van der Waals surface area contributed by atoms with E-state index in [4.69, 9.17) is 16.6 Å². The highest BCUT2D eigenvalue weighted by atomic mass is 32.1. The van der Waals surface area contributed by atoms with Gasteiger partial charge in [0.1, 0.15) is 5.76 Å². The summed E-state index contributed by atoms with van der Waals surface area (Å²) in [5, 5.41) is 14.0. The first kappa shape index (κ1) is 20.0. The quantitative estimate of drug-likeness (QED) is 0.337. The van der Waals surface area contributed by atoms with E-state index in [1.54, 1.807) is 18.2 Å². The zero-order valence-electron chi connectivity index (χ0n) is 15.7. The summed E-state index contributed by atoms with van der Waals surface area (Å²) < 4.78 is 5.53. The van der Waals surface area contributed by atoms with Gasteiger partial charge in [-0.05, 0) is 67.5 Å². The molecule has 0 atom stereocenters. The Kier molecular flexibility index (Phi) is 5.89. The third kappa shape index (κ3) is 4.96. The highest BCUT2D eigenvalue weighted by Gasteiger charge is 2.14. The molecule has 29 heavy (non-hydrogen) atoms. The molecule has 3 N–H and O–H groups in total. The van der Waals surface area contributed by atoms with Gasteiger partial charge in [-0.3, -0.25) is 25.8 Å². The third-order valence-electron chi connectivity index (χ3n) is 4.12. The Morgan fingerprint density at radius 3 is 2.45 bits per heavy atom. The molecule has 0 unspecified atom stereocenters. The molecule has 8 nitrogen and oxygen atoms in total. The van der Waals surface area contributed by atoms with Gasteiger partial charge in [-0.15, -0.1) is 0 Å². The molecule has 1 amide bonds. The second-order valence-corrected chi connectivity index (χ2v) is 6.73. The maximum Gasteiger partial charge on any atom is 0.305 e. The molecule has 0 bridgehead atoms. The van der Waals surface area contributed by atoms with Crippen molar-refractivity contribution in [2.24, 2.45) is 0 Å². The van der Waals surface area contributed by atoms with Crippen LogP contribution in [0.3, 0.4) is 0 Å². The molecule has 1 aromatic heterocycles. The number of furan rings is 1. The average molecular weight is 410 g/mol. The Morgan fingerprint density at radius 2 is 1.76 bits per heavy atom. The number of carbonyl (C=O) groups is 1. The number of hydrogen-bond acceptors (Lipinski definition) is 5. The average Bonchev–Trinajstić information content (AvgIpc) is 3.19. The molecule has 148 valence electrons. The number of aryl methyl sites for hydroxylation is 2. The van der Waals surface area contributed by atoms with Gasteiger partial charge >= 0.3 is 5.91 Å². The number of nitro groups is 1. The van der Waals surface area contributed by atoms with Crippen LogP contribution in [0.25, 0.3) is 11.3 Å². The number of carbonyl (C=O) groups excluding carboxylic acids is 1. The van der Waals surface area contributed by atoms with Crippen LogP contribution in [0.2, 0.25) is 0 Å². The smallest absolute Gasteiger partial charge is 0.305 e. The van der Waals surface area contributed by atoms with Crippen molar-refractivity contribution in [1.29, 1.82) is 0 Å². The number of rotatable bonds is 4. The van der Waals surface area contributed by atoms with E-state index in [9.17, 15) is 14.9 Å². The zero-order chi connectivity index (χ0) is 21.0. The predicted molar refractivity (Wildman–Crippen MR) is 114 cm³/mol. The summed E-state index contributed by atoms with van der Waals surface area (Å²) >= 11 is 5.20. The van der Waals surface area contributed by atoms with Crippen molar-refractivity contribution in [3.05, 3.63) is 81.6 Å². The molecular formula is C20H18N4O4S. The highest BCUT2D eigenvalue weighted by molar-refractivity contribution is 7.80. The van der Waals surface area contributed by atoms with Crippen LogP contribution in [0, 0.1) is 24.0 Å². The lowest BCUT2D eigenvalue weighted by Crippen LogP contribution is -2.43. The van der Waals surface area contributed by atoms with E-state index < -0.39 is 10.8 Å². The van der Waals surface area contributed by atoms with Crippen LogP contribution in [0.4, 0.5) is 11.4 Å². The predicted octanol–water partition coefficient (Wildman–Crippen LogP) is 4.10. The van der Waals surface area contributed by atoms with Crippen molar-refractivity contribution in [1.82, 2.24) is 10.9 Å². The number of nitro benzene ring substituents is 1. The first-order chi connectivity index (χ1) is 13.8. The van der Waals surface area contributed by atoms with E-state index in [-0.39, 0.29) is 16.6 Å². The maximum atomic E-state index is 12.3. The minimum absolute atomic E-state index is 0.0210. The zero-order valence-corrected chi connectivity index (χ0v) is 16.5. The Hall–Kier alpha value is -3.72. The fraction of sp³-hybridized carbons (Fsp3) is 0.100. The SMILES string of the molecule is Cc1ccc(C)c(NC(=S)NNC(=O)c2ccc(-c3ccc([N+](=O)[O-])cc3)o2)c1. The first-order valence-electron chi connectivity index (χ1n) is 8.63. The van der Waals surface area contributed by atoms with Crippen LogP contribution in [-0.4, -0.2) is 15.9 Å². The van der Waals surface area contributed by atoms with Crippen molar-refractivity contribution in [2.45, 2.75) is 13.8 Å². The number of thiocarbonyl (C=S) groups is 1. The molecule has 0 spiro atoms. The Bertz CT molecular complexity index is 1080. The number of anilines is 1. The Balaban J connectivity index is 1.59. The summed E-state index contributed by atoms with van der Waals surface area (Å²) in [6.45, 7) is 3.92. The molecule has 0 aliphatic carbocycles. The number of nitrogens with one attached hydrogen (secondary N) is 3. The molecule has 0 saturated carbocycles. The summed E-state index contributed by atoms with van der Waals surface area (Å²) in [6, 6.07) is 14.9. The van der Waals surface area contributed by atoms with E-state index in [0.29, 0.717) is 11.3 Å². The summed E-state index contributed by atoms with van der Waals surface area (Å²) in [6.07, 6.45) is 0. The van der Waals surface area contributed by atoms with Crippen molar-refractivity contribution < 1.29 is 14.1 Å². The molecule has 3 rings (SSSR count). The molecule has 0 fully saturated rings. The number of hydrazine groups is 1. The molecule has 2 aromatic carbocycles. The van der Waals surface area contributed by atoms with Gasteiger partial charge in [-0.2, -0.15) is 0 Å².